The molecule has 0 amide bonds. The van der Waals surface area contributed by atoms with Gasteiger partial charge in [0.05, 0.1) is 22.5 Å². The maximum atomic E-state index is 12.3. The summed E-state index contributed by atoms with van der Waals surface area (Å²) in [5, 5.41) is 1.07. The number of sulfonamides is 1. The maximum absolute atomic E-state index is 12.3. The molecule has 1 aromatic rings. The first-order chi connectivity index (χ1) is 9.19. The summed E-state index contributed by atoms with van der Waals surface area (Å²) in [7, 11) is -1.53. The molecular weight excluding hydrogens is 292 g/mol. The summed E-state index contributed by atoms with van der Waals surface area (Å²) in [6.07, 6.45) is 1.59. The van der Waals surface area contributed by atoms with Crippen molar-refractivity contribution in [3.63, 3.8) is 0 Å². The van der Waals surface area contributed by atoms with Gasteiger partial charge in [0.1, 0.15) is 0 Å². The molecule has 20 heavy (non-hydrogen) atoms. The zero-order valence-electron chi connectivity index (χ0n) is 13.3. The summed E-state index contributed by atoms with van der Waals surface area (Å²) in [4.78, 5) is 5.54. The lowest BCUT2D eigenvalue weighted by atomic mass is 10.2. The second-order valence-corrected chi connectivity index (χ2v) is 8.86. The largest absolute Gasteiger partial charge is 0.246 e. The average molecular weight is 319 g/mol. The first kappa shape index (κ1) is 17.6. The Morgan fingerprint density at radius 3 is 2.35 bits per heavy atom. The van der Waals surface area contributed by atoms with Crippen LogP contribution in [-0.4, -0.2) is 30.5 Å². The average Bonchev–Trinajstić information content (AvgIpc) is 2.76. The van der Waals surface area contributed by atoms with Crippen molar-refractivity contribution >= 4 is 21.4 Å². The van der Waals surface area contributed by atoms with E-state index in [0.717, 1.165) is 22.0 Å². The molecule has 0 aliphatic rings. The Kier molecular flexibility index (Phi) is 6.16. The van der Waals surface area contributed by atoms with Gasteiger partial charge < -0.3 is 0 Å². The molecule has 4 nitrogen and oxygen atoms in total. The van der Waals surface area contributed by atoms with Gasteiger partial charge in [-0.1, -0.05) is 20.8 Å². The first-order valence-corrected chi connectivity index (χ1v) is 9.53. The van der Waals surface area contributed by atoms with Crippen molar-refractivity contribution in [3.05, 3.63) is 15.6 Å². The highest BCUT2D eigenvalue weighted by Crippen LogP contribution is 2.30. The molecular formula is C14H26N2O2S2. The van der Waals surface area contributed by atoms with E-state index in [4.69, 9.17) is 0 Å². The molecule has 1 rings (SSSR count). The van der Waals surface area contributed by atoms with Gasteiger partial charge in [0.25, 0.3) is 0 Å². The van der Waals surface area contributed by atoms with Crippen molar-refractivity contribution in [1.82, 2.24) is 9.29 Å². The minimum absolute atomic E-state index is 0.148. The predicted octanol–water partition coefficient (Wildman–Crippen LogP) is 3.38. The van der Waals surface area contributed by atoms with E-state index < -0.39 is 10.0 Å². The highest BCUT2D eigenvalue weighted by atomic mass is 32.2. The summed E-state index contributed by atoms with van der Waals surface area (Å²) < 4.78 is 26.2. The molecule has 116 valence electrons. The molecule has 0 unspecified atom stereocenters. The molecule has 0 N–H and O–H groups in total. The van der Waals surface area contributed by atoms with Crippen LogP contribution in [-0.2, 0) is 16.4 Å². The minimum atomic E-state index is -3.20. The quantitative estimate of drug-likeness (QED) is 0.774. The van der Waals surface area contributed by atoms with Crippen LogP contribution in [0.5, 0.6) is 0 Å². The highest BCUT2D eigenvalue weighted by molar-refractivity contribution is 7.89. The molecule has 0 saturated carbocycles. The van der Waals surface area contributed by atoms with Crippen molar-refractivity contribution in [1.29, 1.82) is 0 Å². The Morgan fingerprint density at radius 2 is 1.90 bits per heavy atom. The molecule has 0 aromatic carbocycles. The van der Waals surface area contributed by atoms with E-state index in [1.54, 1.807) is 18.4 Å². The van der Waals surface area contributed by atoms with Gasteiger partial charge in [0, 0.05) is 11.9 Å². The van der Waals surface area contributed by atoms with Crippen molar-refractivity contribution in [2.75, 3.05) is 12.8 Å². The van der Waals surface area contributed by atoms with E-state index in [9.17, 15) is 8.42 Å². The minimum Gasteiger partial charge on any atom is -0.246 e. The lowest BCUT2D eigenvalue weighted by molar-refractivity contribution is 0.398. The number of thiazole rings is 1. The van der Waals surface area contributed by atoms with Gasteiger partial charge in [-0.3, -0.25) is 0 Å². The van der Waals surface area contributed by atoms with E-state index in [0.29, 0.717) is 12.3 Å². The fourth-order valence-electron chi connectivity index (χ4n) is 1.94. The molecule has 0 saturated heterocycles. The second kappa shape index (κ2) is 7.00. The van der Waals surface area contributed by atoms with Crippen LogP contribution < -0.4 is 0 Å². The van der Waals surface area contributed by atoms with Crippen molar-refractivity contribution < 1.29 is 8.42 Å². The molecule has 1 heterocycles. The van der Waals surface area contributed by atoms with Crippen LogP contribution in [0.25, 0.3) is 0 Å². The van der Waals surface area contributed by atoms with E-state index in [1.165, 1.54) is 4.31 Å². The molecule has 0 aliphatic heterocycles. The lowest BCUT2D eigenvalue weighted by Crippen LogP contribution is -2.32. The Morgan fingerprint density at radius 1 is 1.30 bits per heavy atom. The zero-order chi connectivity index (χ0) is 15.5. The number of hydrogen-bond acceptors (Lipinski definition) is 4. The van der Waals surface area contributed by atoms with Crippen LogP contribution in [0.4, 0.5) is 0 Å². The van der Waals surface area contributed by atoms with E-state index >= 15 is 0 Å². The van der Waals surface area contributed by atoms with Gasteiger partial charge in [0.2, 0.25) is 10.0 Å². The number of hydrogen-bond donors (Lipinski definition) is 0. The third-order valence-electron chi connectivity index (χ3n) is 3.50. The highest BCUT2D eigenvalue weighted by Gasteiger charge is 2.27. The fraction of sp³-hybridized carbons (Fsp3) is 0.786. The van der Waals surface area contributed by atoms with Gasteiger partial charge in [-0.05, 0) is 32.6 Å². The van der Waals surface area contributed by atoms with E-state index in [2.05, 4.69) is 11.9 Å². The van der Waals surface area contributed by atoms with Gasteiger partial charge in [0.15, 0.2) is 0 Å². The Hall–Kier alpha value is -0.460. The van der Waals surface area contributed by atoms with Crippen LogP contribution >= 0.6 is 11.3 Å². The maximum Gasteiger partial charge on any atom is 0.214 e. The summed E-state index contributed by atoms with van der Waals surface area (Å²) in [5.41, 5.74) is 0.949. The lowest BCUT2D eigenvalue weighted by Gasteiger charge is -2.24. The molecule has 6 heteroatoms. The molecule has 0 fully saturated rings. The monoisotopic (exact) mass is 318 g/mol. The van der Waals surface area contributed by atoms with Crippen molar-refractivity contribution in [2.24, 2.45) is 5.92 Å². The van der Waals surface area contributed by atoms with Crippen LogP contribution in [0.1, 0.15) is 55.7 Å². The van der Waals surface area contributed by atoms with Gasteiger partial charge in [-0.2, -0.15) is 4.31 Å². The normalized spacial score (nSPS) is 14.2. The second-order valence-electron chi connectivity index (χ2n) is 5.60. The summed E-state index contributed by atoms with van der Waals surface area (Å²) in [6.45, 7) is 10.0. The Balaban J connectivity index is 2.89. The third kappa shape index (κ3) is 4.27. The van der Waals surface area contributed by atoms with Crippen LogP contribution in [0, 0.1) is 12.8 Å². The summed E-state index contributed by atoms with van der Waals surface area (Å²) in [6, 6.07) is -0.148. The van der Waals surface area contributed by atoms with Crippen LogP contribution in [0.3, 0.4) is 0 Å². The van der Waals surface area contributed by atoms with Crippen LogP contribution in [0.15, 0.2) is 0 Å². The predicted molar refractivity (Wildman–Crippen MR) is 85.6 cm³/mol. The smallest absolute Gasteiger partial charge is 0.214 e. The molecule has 0 radical (unpaired) electrons. The van der Waals surface area contributed by atoms with Crippen molar-refractivity contribution in [3.8, 4) is 0 Å². The summed E-state index contributed by atoms with van der Waals surface area (Å²) >= 11 is 1.62. The van der Waals surface area contributed by atoms with Gasteiger partial charge in [-0.15, -0.1) is 11.3 Å². The molecule has 1 atom stereocenters. The standard InChI is InChI=1S/C14H26N2O2S2/c1-7-13-15-11(4)14(19-13)12(5)16(6)20(17,18)9-8-10(2)3/h10,12H,7-9H2,1-6H3/t12-/m1/s1. The Bertz CT molecular complexity index is 535. The molecule has 0 bridgehead atoms. The zero-order valence-corrected chi connectivity index (χ0v) is 14.9. The Labute approximate surface area is 127 Å². The van der Waals surface area contributed by atoms with E-state index in [-0.39, 0.29) is 11.8 Å². The number of aryl methyl sites for hydroxylation is 2. The number of nitrogens with zero attached hydrogens (tertiary/aromatic N) is 2. The third-order valence-corrected chi connectivity index (χ3v) is 6.91. The topological polar surface area (TPSA) is 50.3 Å². The van der Waals surface area contributed by atoms with Crippen molar-refractivity contribution in [2.45, 2.75) is 53.5 Å². The van der Waals surface area contributed by atoms with Gasteiger partial charge >= 0.3 is 0 Å². The number of rotatable bonds is 7. The SMILES string of the molecule is CCc1nc(C)c([C@@H](C)N(C)S(=O)(=O)CCC(C)C)s1. The number of aromatic nitrogens is 1. The molecule has 0 aliphatic carbocycles. The van der Waals surface area contributed by atoms with Gasteiger partial charge in [-0.25, -0.2) is 13.4 Å². The van der Waals surface area contributed by atoms with Crippen LogP contribution in [0.2, 0.25) is 0 Å². The summed E-state index contributed by atoms with van der Waals surface area (Å²) in [5.74, 6) is 0.606. The fourth-order valence-corrected chi connectivity index (χ4v) is 4.75. The molecule has 0 spiro atoms. The van der Waals surface area contributed by atoms with E-state index in [1.807, 2.05) is 27.7 Å². The first-order valence-electron chi connectivity index (χ1n) is 7.11. The molecule has 1 aromatic heterocycles.